The number of halogens is 3. The summed E-state index contributed by atoms with van der Waals surface area (Å²) < 4.78 is 37.1. The van der Waals surface area contributed by atoms with Gasteiger partial charge in [-0.05, 0) is 36.4 Å². The lowest BCUT2D eigenvalue weighted by atomic mass is 10.2. The average Bonchev–Trinajstić information content (AvgIpc) is 2.46. The monoisotopic (exact) mass is 289 g/mol. The lowest BCUT2D eigenvalue weighted by molar-refractivity contribution is -0.137. The summed E-state index contributed by atoms with van der Waals surface area (Å²) in [6.45, 7) is 0. The van der Waals surface area contributed by atoms with Crippen LogP contribution in [0.2, 0.25) is 0 Å². The van der Waals surface area contributed by atoms with Crippen molar-refractivity contribution >= 4 is 11.6 Å². The number of rotatable bonds is 1. The van der Waals surface area contributed by atoms with Crippen molar-refractivity contribution in [1.29, 1.82) is 0 Å². The van der Waals surface area contributed by atoms with Crippen molar-refractivity contribution in [3.8, 4) is 11.8 Å². The minimum absolute atomic E-state index is 0.260. The minimum Gasteiger partial charge on any atom is -0.315 e. The van der Waals surface area contributed by atoms with E-state index >= 15 is 0 Å². The minimum atomic E-state index is -4.39. The molecule has 2 nitrogen and oxygen atoms in total. The molecule has 5 heteroatoms. The first-order valence-electron chi connectivity index (χ1n) is 6.00. The molecule has 21 heavy (non-hydrogen) atoms. The highest BCUT2D eigenvalue weighted by molar-refractivity contribution is 6.04. The van der Waals surface area contributed by atoms with Gasteiger partial charge < -0.3 is 5.32 Å². The SMILES string of the molecule is O=C(C#Cc1ccccc1)Nc1ccc(C(F)(F)F)cc1. The number of anilines is 1. The van der Waals surface area contributed by atoms with Gasteiger partial charge in [0.05, 0.1) is 5.56 Å². The maximum atomic E-state index is 12.4. The largest absolute Gasteiger partial charge is 0.416 e. The predicted molar refractivity (Wildman–Crippen MR) is 73.4 cm³/mol. The van der Waals surface area contributed by atoms with Crippen molar-refractivity contribution in [1.82, 2.24) is 0 Å². The fourth-order valence-electron chi connectivity index (χ4n) is 1.56. The van der Waals surface area contributed by atoms with Crippen LogP contribution < -0.4 is 5.32 Å². The van der Waals surface area contributed by atoms with Crippen LogP contribution in [0.1, 0.15) is 11.1 Å². The molecule has 0 unspecified atom stereocenters. The molecule has 1 N–H and O–H groups in total. The lowest BCUT2D eigenvalue weighted by Crippen LogP contribution is -2.09. The maximum Gasteiger partial charge on any atom is 0.416 e. The molecule has 0 aliphatic rings. The smallest absolute Gasteiger partial charge is 0.315 e. The molecule has 0 aliphatic carbocycles. The van der Waals surface area contributed by atoms with Crippen molar-refractivity contribution in [2.24, 2.45) is 0 Å². The van der Waals surface area contributed by atoms with E-state index < -0.39 is 17.6 Å². The summed E-state index contributed by atoms with van der Waals surface area (Å²) in [6, 6.07) is 13.1. The quantitative estimate of drug-likeness (QED) is 0.797. The zero-order valence-electron chi connectivity index (χ0n) is 10.7. The molecule has 0 aromatic heterocycles. The lowest BCUT2D eigenvalue weighted by Gasteiger charge is -2.07. The Morgan fingerprint density at radius 3 is 2.14 bits per heavy atom. The Morgan fingerprint density at radius 1 is 0.952 bits per heavy atom. The van der Waals surface area contributed by atoms with E-state index in [2.05, 4.69) is 17.2 Å². The highest BCUT2D eigenvalue weighted by Crippen LogP contribution is 2.29. The van der Waals surface area contributed by atoms with Crippen LogP contribution >= 0.6 is 0 Å². The van der Waals surface area contributed by atoms with Gasteiger partial charge in [0, 0.05) is 17.2 Å². The molecule has 0 spiro atoms. The standard InChI is InChI=1S/C16H10F3NO/c17-16(18,19)13-7-9-14(10-8-13)20-15(21)11-6-12-4-2-1-3-5-12/h1-5,7-10H,(H,20,21). The van der Waals surface area contributed by atoms with Gasteiger partial charge >= 0.3 is 12.1 Å². The fourth-order valence-corrected chi connectivity index (χ4v) is 1.56. The summed E-state index contributed by atoms with van der Waals surface area (Å²) in [5, 5.41) is 2.41. The van der Waals surface area contributed by atoms with Gasteiger partial charge in [-0.25, -0.2) is 0 Å². The molecule has 0 bridgehead atoms. The Hall–Kier alpha value is -2.74. The second-order valence-corrected chi connectivity index (χ2v) is 4.15. The molecule has 2 aromatic carbocycles. The van der Waals surface area contributed by atoms with Crippen molar-refractivity contribution in [2.75, 3.05) is 5.32 Å². The van der Waals surface area contributed by atoms with E-state index in [0.717, 1.165) is 12.1 Å². The zero-order valence-corrected chi connectivity index (χ0v) is 10.7. The third kappa shape index (κ3) is 4.39. The van der Waals surface area contributed by atoms with Gasteiger partial charge in [0.1, 0.15) is 0 Å². The van der Waals surface area contributed by atoms with E-state index in [-0.39, 0.29) is 5.69 Å². The maximum absolute atomic E-state index is 12.4. The number of amides is 1. The first-order chi connectivity index (χ1) is 9.95. The van der Waals surface area contributed by atoms with Crippen LogP contribution in [-0.2, 0) is 11.0 Å². The predicted octanol–water partition coefficient (Wildman–Crippen LogP) is 3.70. The molecule has 0 heterocycles. The number of nitrogens with one attached hydrogen (secondary N) is 1. The first-order valence-corrected chi connectivity index (χ1v) is 6.00. The molecular formula is C16H10F3NO. The van der Waals surface area contributed by atoms with E-state index in [4.69, 9.17) is 0 Å². The second-order valence-electron chi connectivity index (χ2n) is 4.15. The van der Waals surface area contributed by atoms with Gasteiger partial charge in [0.15, 0.2) is 0 Å². The van der Waals surface area contributed by atoms with Crippen molar-refractivity contribution < 1.29 is 18.0 Å². The third-order valence-electron chi connectivity index (χ3n) is 2.56. The highest BCUT2D eigenvalue weighted by Gasteiger charge is 2.29. The summed E-state index contributed by atoms with van der Waals surface area (Å²) in [7, 11) is 0. The Bertz CT molecular complexity index is 679. The number of alkyl halides is 3. The summed E-state index contributed by atoms with van der Waals surface area (Å²) in [5.41, 5.74) is 0.172. The Kier molecular flexibility index (Phi) is 4.29. The van der Waals surface area contributed by atoms with Crippen molar-refractivity contribution in [3.63, 3.8) is 0 Å². The van der Waals surface area contributed by atoms with Crippen LogP contribution in [0, 0.1) is 11.8 Å². The summed E-state index contributed by atoms with van der Waals surface area (Å²) in [6.07, 6.45) is -4.39. The van der Waals surface area contributed by atoms with E-state index in [9.17, 15) is 18.0 Å². The molecule has 0 radical (unpaired) electrons. The van der Waals surface area contributed by atoms with Gasteiger partial charge in [-0.3, -0.25) is 4.79 Å². The van der Waals surface area contributed by atoms with Gasteiger partial charge in [-0.1, -0.05) is 24.1 Å². The fraction of sp³-hybridized carbons (Fsp3) is 0.0625. The normalized spacial score (nSPS) is 10.4. The molecule has 0 atom stereocenters. The van der Waals surface area contributed by atoms with Gasteiger partial charge in [0.2, 0.25) is 0 Å². The van der Waals surface area contributed by atoms with Gasteiger partial charge in [0.25, 0.3) is 0 Å². The Labute approximate surface area is 119 Å². The topological polar surface area (TPSA) is 29.1 Å². The van der Waals surface area contributed by atoms with Crippen LogP contribution in [0.3, 0.4) is 0 Å². The Balaban J connectivity index is 2.02. The van der Waals surface area contributed by atoms with E-state index in [0.29, 0.717) is 5.56 Å². The van der Waals surface area contributed by atoms with Gasteiger partial charge in [-0.2, -0.15) is 13.2 Å². The molecule has 1 amide bonds. The molecule has 0 saturated carbocycles. The van der Waals surface area contributed by atoms with E-state index in [1.165, 1.54) is 12.1 Å². The average molecular weight is 289 g/mol. The summed E-state index contributed by atoms with van der Waals surface area (Å²) >= 11 is 0. The van der Waals surface area contributed by atoms with Crippen LogP contribution in [0.25, 0.3) is 0 Å². The van der Waals surface area contributed by atoms with Crippen molar-refractivity contribution in [2.45, 2.75) is 6.18 Å². The number of hydrogen-bond donors (Lipinski definition) is 1. The van der Waals surface area contributed by atoms with Crippen molar-refractivity contribution in [3.05, 3.63) is 65.7 Å². The molecule has 0 aliphatic heterocycles. The number of carbonyl (C=O) groups is 1. The molecule has 0 fully saturated rings. The third-order valence-corrected chi connectivity index (χ3v) is 2.56. The number of hydrogen-bond acceptors (Lipinski definition) is 1. The molecule has 2 aromatic rings. The van der Waals surface area contributed by atoms with Gasteiger partial charge in [-0.15, -0.1) is 0 Å². The second kappa shape index (κ2) is 6.14. The number of benzene rings is 2. The summed E-state index contributed by atoms with van der Waals surface area (Å²) in [5.74, 6) is 4.44. The highest BCUT2D eigenvalue weighted by atomic mass is 19.4. The van der Waals surface area contributed by atoms with E-state index in [1.807, 2.05) is 6.07 Å². The van der Waals surface area contributed by atoms with E-state index in [1.54, 1.807) is 24.3 Å². The molecule has 0 saturated heterocycles. The number of carbonyl (C=O) groups excluding carboxylic acids is 1. The first kappa shape index (κ1) is 14.7. The molecule has 106 valence electrons. The summed E-state index contributed by atoms with van der Waals surface area (Å²) in [4.78, 5) is 11.6. The van der Waals surface area contributed by atoms with Crippen LogP contribution in [0.15, 0.2) is 54.6 Å². The molecular weight excluding hydrogens is 279 g/mol. The van der Waals surface area contributed by atoms with Crippen LogP contribution in [-0.4, -0.2) is 5.91 Å². The van der Waals surface area contributed by atoms with Crippen LogP contribution in [0.4, 0.5) is 18.9 Å². The molecule has 2 rings (SSSR count). The zero-order chi connectivity index (χ0) is 15.3. The van der Waals surface area contributed by atoms with Crippen LogP contribution in [0.5, 0.6) is 0 Å². The Morgan fingerprint density at radius 2 is 1.57 bits per heavy atom.